The largest absolute Gasteiger partial charge is 0.493 e. The highest BCUT2D eigenvalue weighted by atomic mass is 35.5. The van der Waals surface area contributed by atoms with Gasteiger partial charge in [0.15, 0.2) is 6.10 Å². The molecule has 2 fully saturated rings. The Morgan fingerprint density at radius 3 is 3.03 bits per heavy atom. The highest BCUT2D eigenvalue weighted by Crippen LogP contribution is 2.35. The van der Waals surface area contributed by atoms with Gasteiger partial charge in [0.25, 0.3) is 11.1 Å². The van der Waals surface area contributed by atoms with Crippen LogP contribution in [0.25, 0.3) is 6.08 Å². The van der Waals surface area contributed by atoms with Crippen LogP contribution in [0.4, 0.5) is 4.79 Å². The number of nitrogens with zero attached hydrogens (tertiary/aromatic N) is 1. The number of hydrogen-bond donors (Lipinski definition) is 2. The first-order valence-corrected chi connectivity index (χ1v) is 11.1. The Hall–Kier alpha value is -2.78. The van der Waals surface area contributed by atoms with Crippen molar-refractivity contribution < 1.29 is 23.8 Å². The Labute approximate surface area is 188 Å². The van der Waals surface area contributed by atoms with Gasteiger partial charge in [0.1, 0.15) is 11.5 Å². The van der Waals surface area contributed by atoms with Crippen LogP contribution < -0.4 is 20.1 Å². The molecule has 1 aromatic heterocycles. The number of carbonyl (C=O) groups excluding carboxylic acids is 2. The Balaban J connectivity index is 1.28. The third-order valence-corrected chi connectivity index (χ3v) is 5.81. The number of nitrogens with one attached hydrogen (secondary N) is 2. The van der Waals surface area contributed by atoms with E-state index in [-0.39, 0.29) is 18.5 Å². The number of thiazole rings is 1. The maximum absolute atomic E-state index is 12.0. The summed E-state index contributed by atoms with van der Waals surface area (Å²) in [6.45, 7) is 2.72. The van der Waals surface area contributed by atoms with E-state index in [0.717, 1.165) is 17.2 Å². The topological polar surface area (TPSA) is 98.8 Å². The predicted octanol–water partition coefficient (Wildman–Crippen LogP) is 4.00. The molecule has 1 saturated heterocycles. The summed E-state index contributed by atoms with van der Waals surface area (Å²) in [4.78, 5) is 28.2. The summed E-state index contributed by atoms with van der Waals surface area (Å²) >= 11 is 7.66. The van der Waals surface area contributed by atoms with Crippen molar-refractivity contribution in [3.05, 3.63) is 40.4 Å². The van der Waals surface area contributed by atoms with Crippen LogP contribution in [-0.4, -0.2) is 42.3 Å². The van der Waals surface area contributed by atoms with Crippen molar-refractivity contribution in [3.63, 3.8) is 0 Å². The predicted molar refractivity (Wildman–Crippen MR) is 117 cm³/mol. The van der Waals surface area contributed by atoms with Crippen LogP contribution in [0.2, 0.25) is 5.02 Å². The first-order chi connectivity index (χ1) is 15.0. The molecule has 1 aliphatic carbocycles. The number of aromatic nitrogens is 1. The number of amides is 2. The third-order valence-electron chi connectivity index (χ3n) is 4.68. The molecule has 0 bridgehead atoms. The van der Waals surface area contributed by atoms with E-state index >= 15 is 0 Å². The molecule has 2 aromatic rings. The molecule has 0 unspecified atom stereocenters. The number of cyclic esters (lactones) is 1. The summed E-state index contributed by atoms with van der Waals surface area (Å²) in [5.74, 6) is 1.56. The van der Waals surface area contributed by atoms with Gasteiger partial charge in [-0.3, -0.25) is 4.79 Å². The monoisotopic (exact) mass is 463 g/mol. The SMILES string of the molecule is C[C@@H](/C=C/c1cnc(Oc2ccc(OCC3CC3)cc2Cl)s1)NC(=O)[C@H]1CNC(=O)O1. The van der Waals surface area contributed by atoms with Crippen LogP contribution in [0.1, 0.15) is 24.6 Å². The molecule has 1 saturated carbocycles. The fourth-order valence-electron chi connectivity index (χ4n) is 2.78. The standard InChI is InChI=1S/C21H22ClN3O5S/c1-12(25-19(26)18-10-23-20(27)29-18)2-6-15-9-24-21(31-15)30-17-7-5-14(8-16(17)22)28-11-13-3-4-13/h2,5-9,12-13,18H,3-4,10-11H2,1H3,(H,23,27)(H,25,26)/b6-2+/t12-,18+/m0/s1. The minimum atomic E-state index is -0.804. The summed E-state index contributed by atoms with van der Waals surface area (Å²) in [7, 11) is 0. The van der Waals surface area contributed by atoms with Gasteiger partial charge in [-0.15, -0.1) is 0 Å². The molecular formula is C21H22ClN3O5S. The van der Waals surface area contributed by atoms with Crippen molar-refractivity contribution in [2.24, 2.45) is 5.92 Å². The smallest absolute Gasteiger partial charge is 0.408 e. The zero-order valence-corrected chi connectivity index (χ0v) is 18.4. The number of halogens is 1. The van der Waals surface area contributed by atoms with E-state index in [1.165, 1.54) is 24.2 Å². The van der Waals surface area contributed by atoms with Gasteiger partial charge in [-0.25, -0.2) is 9.78 Å². The molecule has 164 valence electrons. The molecule has 1 aromatic carbocycles. The molecular weight excluding hydrogens is 442 g/mol. The lowest BCUT2D eigenvalue weighted by atomic mass is 10.2. The minimum absolute atomic E-state index is 0.173. The molecule has 2 aliphatic rings. The van der Waals surface area contributed by atoms with Crippen LogP contribution >= 0.6 is 22.9 Å². The maximum Gasteiger partial charge on any atom is 0.408 e. The van der Waals surface area contributed by atoms with E-state index in [4.69, 9.17) is 25.8 Å². The van der Waals surface area contributed by atoms with E-state index < -0.39 is 12.2 Å². The molecule has 31 heavy (non-hydrogen) atoms. The van der Waals surface area contributed by atoms with Gasteiger partial charge >= 0.3 is 6.09 Å². The van der Waals surface area contributed by atoms with Gasteiger partial charge in [0.2, 0.25) is 0 Å². The van der Waals surface area contributed by atoms with Crippen LogP contribution in [-0.2, 0) is 9.53 Å². The van der Waals surface area contributed by atoms with Crippen molar-refractivity contribution in [2.45, 2.75) is 31.9 Å². The average Bonchev–Trinajstić information content (AvgIpc) is 3.29. The number of hydrogen-bond acceptors (Lipinski definition) is 7. The number of benzene rings is 1. The Bertz CT molecular complexity index is 991. The van der Waals surface area contributed by atoms with E-state index in [1.54, 1.807) is 18.3 Å². The lowest BCUT2D eigenvalue weighted by molar-refractivity contribution is -0.128. The fraction of sp³-hybridized carbons (Fsp3) is 0.381. The summed E-state index contributed by atoms with van der Waals surface area (Å²) in [5, 5.41) is 6.13. The molecule has 0 radical (unpaired) electrons. The van der Waals surface area contributed by atoms with Crippen LogP contribution in [0.3, 0.4) is 0 Å². The quantitative estimate of drug-likeness (QED) is 0.583. The van der Waals surface area contributed by atoms with E-state index in [9.17, 15) is 9.59 Å². The first-order valence-electron chi connectivity index (χ1n) is 9.95. The number of ether oxygens (including phenoxy) is 3. The van der Waals surface area contributed by atoms with Crippen molar-refractivity contribution in [2.75, 3.05) is 13.2 Å². The van der Waals surface area contributed by atoms with Gasteiger partial charge in [-0.1, -0.05) is 29.0 Å². The lowest BCUT2D eigenvalue weighted by Crippen LogP contribution is -2.40. The van der Waals surface area contributed by atoms with Crippen LogP contribution in [0, 0.1) is 5.92 Å². The second-order valence-electron chi connectivity index (χ2n) is 7.41. The summed E-state index contributed by atoms with van der Waals surface area (Å²) in [6.07, 6.45) is 6.41. The van der Waals surface area contributed by atoms with E-state index in [0.29, 0.717) is 21.9 Å². The van der Waals surface area contributed by atoms with Crippen molar-refractivity contribution >= 4 is 41.0 Å². The second-order valence-corrected chi connectivity index (χ2v) is 8.84. The van der Waals surface area contributed by atoms with Crippen LogP contribution in [0.15, 0.2) is 30.5 Å². The molecule has 1 aliphatic heterocycles. The molecule has 10 heteroatoms. The van der Waals surface area contributed by atoms with Gasteiger partial charge in [0.05, 0.1) is 23.1 Å². The van der Waals surface area contributed by atoms with E-state index in [1.807, 2.05) is 25.1 Å². The number of carbonyl (C=O) groups is 2. The van der Waals surface area contributed by atoms with Gasteiger partial charge in [-0.05, 0) is 43.9 Å². The minimum Gasteiger partial charge on any atom is -0.493 e. The first kappa shape index (κ1) is 21.5. The Morgan fingerprint density at radius 1 is 1.48 bits per heavy atom. The molecule has 2 N–H and O–H groups in total. The van der Waals surface area contributed by atoms with Gasteiger partial charge in [0, 0.05) is 18.3 Å². The van der Waals surface area contributed by atoms with Gasteiger partial charge < -0.3 is 24.8 Å². The third kappa shape index (κ3) is 6.11. The van der Waals surface area contributed by atoms with Crippen molar-refractivity contribution in [1.82, 2.24) is 15.6 Å². The Morgan fingerprint density at radius 2 is 2.32 bits per heavy atom. The summed E-state index contributed by atoms with van der Waals surface area (Å²) < 4.78 is 16.4. The number of rotatable bonds is 9. The Kier molecular flexibility index (Phi) is 6.62. The van der Waals surface area contributed by atoms with Crippen LogP contribution in [0.5, 0.6) is 16.7 Å². The second kappa shape index (κ2) is 9.57. The lowest BCUT2D eigenvalue weighted by Gasteiger charge is -2.12. The molecule has 2 atom stereocenters. The average molecular weight is 464 g/mol. The zero-order valence-electron chi connectivity index (χ0n) is 16.8. The number of alkyl carbamates (subject to hydrolysis) is 1. The zero-order chi connectivity index (χ0) is 21.8. The molecule has 2 amide bonds. The molecule has 8 nitrogen and oxygen atoms in total. The molecule has 2 heterocycles. The van der Waals surface area contributed by atoms with Crippen molar-refractivity contribution in [1.29, 1.82) is 0 Å². The summed E-state index contributed by atoms with van der Waals surface area (Å²) in [5.41, 5.74) is 0. The van der Waals surface area contributed by atoms with Gasteiger partial charge in [-0.2, -0.15) is 0 Å². The highest BCUT2D eigenvalue weighted by Gasteiger charge is 2.29. The normalized spacial score (nSPS) is 19.0. The summed E-state index contributed by atoms with van der Waals surface area (Å²) in [6, 6.07) is 5.09. The fourth-order valence-corrected chi connectivity index (χ4v) is 3.68. The molecule has 0 spiro atoms. The maximum atomic E-state index is 12.0. The molecule has 4 rings (SSSR count). The van der Waals surface area contributed by atoms with Crippen molar-refractivity contribution in [3.8, 4) is 16.7 Å². The van der Waals surface area contributed by atoms with E-state index in [2.05, 4.69) is 15.6 Å². The highest BCUT2D eigenvalue weighted by molar-refractivity contribution is 7.14.